The molecule has 0 aliphatic carbocycles. The number of piperidine rings is 1. The van der Waals surface area contributed by atoms with Crippen molar-refractivity contribution in [1.82, 2.24) is 5.32 Å². The van der Waals surface area contributed by atoms with Crippen molar-refractivity contribution in [3.8, 4) is 0 Å². The van der Waals surface area contributed by atoms with Crippen molar-refractivity contribution in [3.63, 3.8) is 0 Å². The van der Waals surface area contributed by atoms with E-state index >= 15 is 0 Å². The van der Waals surface area contributed by atoms with E-state index < -0.39 is 0 Å². The predicted molar refractivity (Wildman–Crippen MR) is 43.9 cm³/mol. The standard InChI is InChI=1S/C8H18N2/c1-8(2,9)7-5-3-4-6-10-7/h7,10H,3-6,9H2,1-2H3. The van der Waals surface area contributed by atoms with Gasteiger partial charge in [-0.05, 0) is 33.2 Å². The highest BCUT2D eigenvalue weighted by molar-refractivity contribution is 4.89. The molecule has 1 fully saturated rings. The minimum atomic E-state index is -0.0412. The number of nitrogens with two attached hydrogens (primary N) is 1. The molecule has 1 unspecified atom stereocenters. The van der Waals surface area contributed by atoms with Crippen LogP contribution in [-0.2, 0) is 0 Å². The van der Waals surface area contributed by atoms with Crippen LogP contribution in [0.4, 0.5) is 0 Å². The Hall–Kier alpha value is -0.0800. The fourth-order valence-electron chi connectivity index (χ4n) is 1.49. The second kappa shape index (κ2) is 2.89. The van der Waals surface area contributed by atoms with Crippen molar-refractivity contribution < 1.29 is 0 Å². The van der Waals surface area contributed by atoms with Gasteiger partial charge in [-0.3, -0.25) is 0 Å². The lowest BCUT2D eigenvalue weighted by molar-refractivity contribution is 0.286. The summed E-state index contributed by atoms with van der Waals surface area (Å²) in [4.78, 5) is 0. The molecule has 3 N–H and O–H groups in total. The predicted octanol–water partition coefficient (Wildman–Crippen LogP) is 0.866. The van der Waals surface area contributed by atoms with Gasteiger partial charge in [0.2, 0.25) is 0 Å². The van der Waals surface area contributed by atoms with E-state index in [4.69, 9.17) is 5.73 Å². The van der Waals surface area contributed by atoms with E-state index in [2.05, 4.69) is 19.2 Å². The van der Waals surface area contributed by atoms with Crippen molar-refractivity contribution in [2.24, 2.45) is 5.73 Å². The Morgan fingerprint density at radius 3 is 2.40 bits per heavy atom. The van der Waals surface area contributed by atoms with E-state index in [-0.39, 0.29) is 5.54 Å². The first-order chi connectivity index (χ1) is 4.61. The Morgan fingerprint density at radius 2 is 2.10 bits per heavy atom. The van der Waals surface area contributed by atoms with Crippen LogP contribution in [-0.4, -0.2) is 18.1 Å². The summed E-state index contributed by atoms with van der Waals surface area (Å²) in [5, 5.41) is 3.43. The average molecular weight is 142 g/mol. The molecular weight excluding hydrogens is 124 g/mol. The van der Waals surface area contributed by atoms with Gasteiger partial charge in [-0.1, -0.05) is 6.42 Å². The molecule has 0 radical (unpaired) electrons. The van der Waals surface area contributed by atoms with Crippen molar-refractivity contribution in [2.75, 3.05) is 6.54 Å². The SMILES string of the molecule is CC(C)(N)C1CCCCN1. The van der Waals surface area contributed by atoms with E-state index in [9.17, 15) is 0 Å². The van der Waals surface area contributed by atoms with E-state index in [1.807, 2.05) is 0 Å². The first-order valence-electron chi connectivity index (χ1n) is 4.13. The monoisotopic (exact) mass is 142 g/mol. The van der Waals surface area contributed by atoms with Gasteiger partial charge in [-0.25, -0.2) is 0 Å². The maximum absolute atomic E-state index is 5.95. The summed E-state index contributed by atoms with van der Waals surface area (Å²) < 4.78 is 0. The van der Waals surface area contributed by atoms with Gasteiger partial charge in [-0.15, -0.1) is 0 Å². The second-order valence-corrected chi connectivity index (χ2v) is 3.82. The summed E-state index contributed by atoms with van der Waals surface area (Å²) >= 11 is 0. The highest BCUT2D eigenvalue weighted by atomic mass is 15.0. The zero-order valence-electron chi connectivity index (χ0n) is 6.98. The Balaban J connectivity index is 2.39. The number of hydrogen-bond donors (Lipinski definition) is 2. The average Bonchev–Trinajstić information content (AvgIpc) is 1.88. The molecule has 1 heterocycles. The first-order valence-corrected chi connectivity index (χ1v) is 4.13. The largest absolute Gasteiger partial charge is 0.324 e. The number of nitrogens with one attached hydrogen (secondary N) is 1. The minimum Gasteiger partial charge on any atom is -0.324 e. The van der Waals surface area contributed by atoms with Gasteiger partial charge in [0.25, 0.3) is 0 Å². The normalized spacial score (nSPS) is 28.5. The Labute approximate surface area is 63.2 Å². The maximum atomic E-state index is 5.95. The van der Waals surface area contributed by atoms with Gasteiger partial charge in [0, 0.05) is 11.6 Å². The molecule has 60 valence electrons. The van der Waals surface area contributed by atoms with Crippen LogP contribution in [0.1, 0.15) is 33.1 Å². The Kier molecular flexibility index (Phi) is 2.32. The molecule has 0 aromatic heterocycles. The first kappa shape index (κ1) is 8.02. The molecule has 0 bridgehead atoms. The van der Waals surface area contributed by atoms with Crippen LogP contribution >= 0.6 is 0 Å². The lowest BCUT2D eigenvalue weighted by Crippen LogP contribution is -2.54. The summed E-state index contributed by atoms with van der Waals surface area (Å²) in [6.07, 6.45) is 3.88. The fourth-order valence-corrected chi connectivity index (χ4v) is 1.49. The molecule has 1 atom stereocenters. The van der Waals surface area contributed by atoms with Crippen molar-refractivity contribution >= 4 is 0 Å². The van der Waals surface area contributed by atoms with E-state index in [0.29, 0.717) is 6.04 Å². The quantitative estimate of drug-likeness (QED) is 0.570. The van der Waals surface area contributed by atoms with Crippen LogP contribution in [0.15, 0.2) is 0 Å². The van der Waals surface area contributed by atoms with Crippen molar-refractivity contribution in [3.05, 3.63) is 0 Å². The third-order valence-corrected chi connectivity index (χ3v) is 2.21. The van der Waals surface area contributed by atoms with Crippen molar-refractivity contribution in [2.45, 2.75) is 44.7 Å². The topological polar surface area (TPSA) is 38.0 Å². The molecule has 2 heteroatoms. The molecule has 0 spiro atoms. The smallest absolute Gasteiger partial charge is 0.0252 e. The molecule has 1 saturated heterocycles. The molecule has 0 amide bonds. The third-order valence-electron chi connectivity index (χ3n) is 2.21. The number of rotatable bonds is 1. The highest BCUT2D eigenvalue weighted by Gasteiger charge is 2.25. The second-order valence-electron chi connectivity index (χ2n) is 3.82. The van der Waals surface area contributed by atoms with Crippen molar-refractivity contribution in [1.29, 1.82) is 0 Å². The van der Waals surface area contributed by atoms with E-state index in [1.165, 1.54) is 19.3 Å². The summed E-state index contributed by atoms with van der Waals surface area (Å²) in [5.74, 6) is 0. The van der Waals surface area contributed by atoms with Crippen LogP contribution in [0.2, 0.25) is 0 Å². The van der Waals surface area contributed by atoms with E-state index in [1.54, 1.807) is 0 Å². The summed E-state index contributed by atoms with van der Waals surface area (Å²) in [6, 6.07) is 0.529. The van der Waals surface area contributed by atoms with Gasteiger partial charge < -0.3 is 11.1 Å². The van der Waals surface area contributed by atoms with Crippen LogP contribution in [0.3, 0.4) is 0 Å². The van der Waals surface area contributed by atoms with E-state index in [0.717, 1.165) is 6.54 Å². The van der Waals surface area contributed by atoms with Crippen LogP contribution in [0.25, 0.3) is 0 Å². The fraction of sp³-hybridized carbons (Fsp3) is 1.00. The van der Waals surface area contributed by atoms with Crippen LogP contribution in [0, 0.1) is 0 Å². The van der Waals surface area contributed by atoms with Gasteiger partial charge in [-0.2, -0.15) is 0 Å². The van der Waals surface area contributed by atoms with Gasteiger partial charge in [0.15, 0.2) is 0 Å². The lowest BCUT2D eigenvalue weighted by Gasteiger charge is -2.34. The maximum Gasteiger partial charge on any atom is 0.0252 e. The Bertz CT molecular complexity index is 98.3. The van der Waals surface area contributed by atoms with Gasteiger partial charge in [0.05, 0.1) is 0 Å². The van der Waals surface area contributed by atoms with Gasteiger partial charge in [0.1, 0.15) is 0 Å². The molecular formula is C8H18N2. The minimum absolute atomic E-state index is 0.0412. The lowest BCUT2D eigenvalue weighted by atomic mass is 9.89. The van der Waals surface area contributed by atoms with Gasteiger partial charge >= 0.3 is 0 Å². The third kappa shape index (κ3) is 1.96. The number of hydrogen-bond acceptors (Lipinski definition) is 2. The molecule has 1 aliphatic rings. The molecule has 0 aromatic rings. The Morgan fingerprint density at radius 1 is 1.40 bits per heavy atom. The molecule has 10 heavy (non-hydrogen) atoms. The molecule has 0 aromatic carbocycles. The molecule has 2 nitrogen and oxygen atoms in total. The van der Waals surface area contributed by atoms with Crippen LogP contribution < -0.4 is 11.1 Å². The molecule has 1 aliphatic heterocycles. The summed E-state index contributed by atoms with van der Waals surface area (Å²) in [7, 11) is 0. The highest BCUT2D eigenvalue weighted by Crippen LogP contribution is 2.15. The zero-order chi connectivity index (χ0) is 7.61. The zero-order valence-corrected chi connectivity index (χ0v) is 6.98. The summed E-state index contributed by atoms with van der Waals surface area (Å²) in [5.41, 5.74) is 5.91. The summed E-state index contributed by atoms with van der Waals surface area (Å²) in [6.45, 7) is 5.33. The molecule has 1 rings (SSSR count). The van der Waals surface area contributed by atoms with Crippen LogP contribution in [0.5, 0.6) is 0 Å². The molecule has 0 saturated carbocycles.